The lowest BCUT2D eigenvalue weighted by atomic mass is 10.0. The third kappa shape index (κ3) is 2.16. The Morgan fingerprint density at radius 3 is 2.32 bits per heavy atom. The van der Waals surface area contributed by atoms with E-state index in [0.717, 1.165) is 55.3 Å². The zero-order chi connectivity index (χ0) is 18.7. The summed E-state index contributed by atoms with van der Waals surface area (Å²) < 4.78 is 6.08. The second-order valence-electron chi connectivity index (χ2n) is 7.11. The van der Waals surface area contributed by atoms with E-state index >= 15 is 0 Å². The molecular weight excluding hydrogens is 344 g/mol. The van der Waals surface area contributed by atoms with Crippen LogP contribution in [-0.4, -0.2) is 9.97 Å². The van der Waals surface area contributed by atoms with Crippen LogP contribution >= 0.6 is 0 Å². The van der Waals surface area contributed by atoms with E-state index in [1.54, 1.807) is 0 Å². The molecule has 0 saturated heterocycles. The van der Waals surface area contributed by atoms with Gasteiger partial charge in [0.15, 0.2) is 0 Å². The van der Waals surface area contributed by atoms with E-state index in [-0.39, 0.29) is 0 Å². The molecule has 28 heavy (non-hydrogen) atoms. The lowest BCUT2D eigenvalue weighted by Crippen LogP contribution is -1.95. The highest BCUT2D eigenvalue weighted by molar-refractivity contribution is 6.10. The molecule has 2 heterocycles. The predicted octanol–water partition coefficient (Wildman–Crippen LogP) is 6.66. The molecule has 132 valence electrons. The largest absolute Gasteiger partial charge is 0.456 e. The molecule has 0 aliphatic rings. The number of nitrogens with zero attached hydrogens (tertiary/aromatic N) is 2. The molecule has 0 bridgehead atoms. The second-order valence-corrected chi connectivity index (χ2v) is 7.11. The first kappa shape index (κ1) is 15.3. The summed E-state index contributed by atoms with van der Waals surface area (Å²) in [7, 11) is 0. The van der Waals surface area contributed by atoms with Crippen molar-refractivity contribution >= 4 is 43.6 Å². The van der Waals surface area contributed by atoms with Crippen LogP contribution in [0.2, 0.25) is 0 Å². The van der Waals surface area contributed by atoms with Crippen molar-refractivity contribution in [3.8, 4) is 11.3 Å². The van der Waals surface area contributed by atoms with E-state index in [2.05, 4.69) is 60.7 Å². The molecule has 0 unspecified atom stereocenters. The minimum absolute atomic E-state index is 0.767. The van der Waals surface area contributed by atoms with Gasteiger partial charge in [0.1, 0.15) is 17.0 Å². The fourth-order valence-electron chi connectivity index (χ4n) is 4.07. The van der Waals surface area contributed by atoms with E-state index in [4.69, 9.17) is 14.4 Å². The molecule has 3 heteroatoms. The van der Waals surface area contributed by atoms with Crippen molar-refractivity contribution in [2.75, 3.05) is 0 Å². The molecule has 4 aromatic carbocycles. The maximum absolute atomic E-state index is 6.08. The third-order valence-electron chi connectivity index (χ3n) is 5.36. The molecule has 0 aliphatic heterocycles. The number of benzene rings is 4. The van der Waals surface area contributed by atoms with E-state index in [1.807, 2.05) is 25.1 Å². The quantitative estimate of drug-likeness (QED) is 0.308. The van der Waals surface area contributed by atoms with Crippen LogP contribution in [0.4, 0.5) is 0 Å². The van der Waals surface area contributed by atoms with Crippen molar-refractivity contribution in [1.82, 2.24) is 9.97 Å². The minimum atomic E-state index is 0.767. The highest BCUT2D eigenvalue weighted by Gasteiger charge is 2.13. The summed E-state index contributed by atoms with van der Waals surface area (Å²) in [5, 5.41) is 5.65. The maximum atomic E-state index is 6.08. The van der Waals surface area contributed by atoms with Crippen LogP contribution in [0.5, 0.6) is 0 Å². The van der Waals surface area contributed by atoms with Gasteiger partial charge in [-0.05, 0) is 36.6 Å². The lowest BCUT2D eigenvalue weighted by molar-refractivity contribution is 0.669. The molecule has 6 rings (SSSR count). The average molecular weight is 360 g/mol. The van der Waals surface area contributed by atoms with Crippen LogP contribution in [0.3, 0.4) is 0 Å². The Morgan fingerprint density at radius 2 is 1.39 bits per heavy atom. The van der Waals surface area contributed by atoms with Gasteiger partial charge in [0.2, 0.25) is 0 Å². The standard InChI is InChI=1S/C25H16N2O/c1-15-26-24(21-13-10-16-6-2-3-7-18(16)25(21)27-15)17-11-12-20-19-8-4-5-9-22(19)28-23(20)14-17/h2-14H,1H3. The summed E-state index contributed by atoms with van der Waals surface area (Å²) >= 11 is 0. The molecular formula is C25H16N2O. The Bertz CT molecular complexity index is 1530. The van der Waals surface area contributed by atoms with Gasteiger partial charge in [0.25, 0.3) is 0 Å². The van der Waals surface area contributed by atoms with Crippen molar-refractivity contribution in [2.24, 2.45) is 0 Å². The van der Waals surface area contributed by atoms with Crippen LogP contribution < -0.4 is 0 Å². The number of para-hydroxylation sites is 1. The van der Waals surface area contributed by atoms with E-state index in [0.29, 0.717) is 0 Å². The molecule has 0 aliphatic carbocycles. The number of aryl methyl sites for hydroxylation is 1. The fourth-order valence-corrected chi connectivity index (χ4v) is 4.07. The first-order chi connectivity index (χ1) is 13.8. The number of furan rings is 1. The fraction of sp³-hybridized carbons (Fsp3) is 0.0400. The van der Waals surface area contributed by atoms with Crippen LogP contribution in [0.25, 0.3) is 54.9 Å². The molecule has 0 spiro atoms. The highest BCUT2D eigenvalue weighted by Crippen LogP contribution is 2.35. The second kappa shape index (κ2) is 5.64. The highest BCUT2D eigenvalue weighted by atomic mass is 16.3. The first-order valence-corrected chi connectivity index (χ1v) is 9.36. The topological polar surface area (TPSA) is 38.9 Å². The molecule has 0 atom stereocenters. The van der Waals surface area contributed by atoms with Crippen LogP contribution in [0.15, 0.2) is 83.3 Å². The molecule has 6 aromatic rings. The van der Waals surface area contributed by atoms with E-state index in [9.17, 15) is 0 Å². The monoisotopic (exact) mass is 360 g/mol. The Labute approximate surface area is 161 Å². The number of aromatic nitrogens is 2. The lowest BCUT2D eigenvalue weighted by Gasteiger charge is -2.09. The summed E-state index contributed by atoms with van der Waals surface area (Å²) in [5.41, 5.74) is 4.76. The summed E-state index contributed by atoms with van der Waals surface area (Å²) in [4.78, 5) is 9.54. The average Bonchev–Trinajstić information content (AvgIpc) is 3.11. The predicted molar refractivity (Wildman–Crippen MR) is 114 cm³/mol. The van der Waals surface area contributed by atoms with E-state index < -0.39 is 0 Å². The molecule has 0 fully saturated rings. The van der Waals surface area contributed by atoms with Crippen LogP contribution in [0, 0.1) is 6.92 Å². The Balaban J connectivity index is 1.67. The number of hydrogen-bond donors (Lipinski definition) is 0. The van der Waals surface area contributed by atoms with Gasteiger partial charge >= 0.3 is 0 Å². The van der Waals surface area contributed by atoms with Gasteiger partial charge in [-0.1, -0.05) is 54.6 Å². The Morgan fingerprint density at radius 1 is 0.643 bits per heavy atom. The van der Waals surface area contributed by atoms with Crippen molar-refractivity contribution in [2.45, 2.75) is 6.92 Å². The van der Waals surface area contributed by atoms with Gasteiger partial charge in [0.05, 0.1) is 11.2 Å². The zero-order valence-electron chi connectivity index (χ0n) is 15.3. The van der Waals surface area contributed by atoms with Gasteiger partial charge in [-0.2, -0.15) is 0 Å². The van der Waals surface area contributed by atoms with Gasteiger partial charge in [0, 0.05) is 27.1 Å². The van der Waals surface area contributed by atoms with Crippen molar-refractivity contribution in [1.29, 1.82) is 0 Å². The van der Waals surface area contributed by atoms with E-state index in [1.165, 1.54) is 5.39 Å². The molecule has 0 amide bonds. The van der Waals surface area contributed by atoms with Gasteiger partial charge in [-0.25, -0.2) is 9.97 Å². The number of fused-ring (bicyclic) bond motifs is 6. The summed E-state index contributed by atoms with van der Waals surface area (Å²) in [6.07, 6.45) is 0. The molecule has 2 aromatic heterocycles. The van der Waals surface area contributed by atoms with Crippen LogP contribution in [-0.2, 0) is 0 Å². The first-order valence-electron chi connectivity index (χ1n) is 9.36. The smallest absolute Gasteiger partial charge is 0.136 e. The van der Waals surface area contributed by atoms with Crippen molar-refractivity contribution < 1.29 is 4.42 Å². The number of hydrogen-bond acceptors (Lipinski definition) is 3. The van der Waals surface area contributed by atoms with Crippen molar-refractivity contribution in [3.63, 3.8) is 0 Å². The summed E-state index contributed by atoms with van der Waals surface area (Å²) in [5.74, 6) is 0.767. The Hall–Kier alpha value is -3.72. The molecule has 0 N–H and O–H groups in total. The minimum Gasteiger partial charge on any atom is -0.456 e. The van der Waals surface area contributed by atoms with Gasteiger partial charge in [-0.15, -0.1) is 0 Å². The van der Waals surface area contributed by atoms with Crippen LogP contribution in [0.1, 0.15) is 5.82 Å². The molecule has 0 saturated carbocycles. The van der Waals surface area contributed by atoms with Gasteiger partial charge in [-0.3, -0.25) is 0 Å². The molecule has 0 radical (unpaired) electrons. The Kier molecular flexibility index (Phi) is 3.09. The summed E-state index contributed by atoms with van der Waals surface area (Å²) in [6, 6.07) is 27.1. The van der Waals surface area contributed by atoms with Crippen molar-refractivity contribution in [3.05, 3.63) is 84.7 Å². The number of rotatable bonds is 1. The normalized spacial score (nSPS) is 11.8. The SMILES string of the molecule is Cc1nc(-c2ccc3c(c2)oc2ccccc23)c2ccc3ccccc3c2n1. The molecule has 3 nitrogen and oxygen atoms in total. The van der Waals surface area contributed by atoms with Gasteiger partial charge < -0.3 is 4.42 Å². The maximum Gasteiger partial charge on any atom is 0.136 e. The summed E-state index contributed by atoms with van der Waals surface area (Å²) in [6.45, 7) is 1.95. The zero-order valence-corrected chi connectivity index (χ0v) is 15.3. The third-order valence-corrected chi connectivity index (χ3v) is 5.36.